The van der Waals surface area contributed by atoms with Crippen LogP contribution in [0.15, 0.2) is 0 Å². The van der Waals surface area contributed by atoms with E-state index >= 15 is 0 Å². The lowest BCUT2D eigenvalue weighted by molar-refractivity contribution is -0.191. The Morgan fingerprint density at radius 3 is 1.89 bits per heavy atom. The van der Waals surface area contributed by atoms with E-state index in [1.165, 1.54) is 0 Å². The van der Waals surface area contributed by atoms with Gasteiger partial charge >= 0.3 is 12.1 Å². The van der Waals surface area contributed by atoms with Crippen LogP contribution in [0.3, 0.4) is 0 Å². The Morgan fingerprint density at radius 1 is 0.926 bits per heavy atom. The molecule has 0 aromatic rings. The fourth-order valence-corrected chi connectivity index (χ4v) is 4.28. The summed E-state index contributed by atoms with van der Waals surface area (Å²) >= 11 is 0. The zero-order chi connectivity index (χ0) is 21.5. The van der Waals surface area contributed by atoms with Gasteiger partial charge in [-0.05, 0) is 58.5 Å². The van der Waals surface area contributed by atoms with Gasteiger partial charge in [0.25, 0.3) is 5.97 Å². The molecule has 0 aliphatic rings. The molecule has 27 heavy (non-hydrogen) atoms. The van der Waals surface area contributed by atoms with Crippen LogP contribution < -0.4 is 0 Å². The van der Waals surface area contributed by atoms with Crippen LogP contribution in [0, 0.1) is 0 Å². The SMILES string of the molecule is CN(C(=O)C(F)(F)F)C(CCCCCCC(=O)O[Si](C)(C)C)O[Si](C)(C)C. The van der Waals surface area contributed by atoms with Crippen molar-refractivity contribution in [3.8, 4) is 0 Å². The molecule has 0 aliphatic carbocycles. The molecular weight excluding hydrogens is 395 g/mol. The second-order valence-electron chi connectivity index (χ2n) is 8.64. The Hall–Kier alpha value is -0.876. The van der Waals surface area contributed by atoms with E-state index < -0.39 is 34.9 Å². The van der Waals surface area contributed by atoms with Gasteiger partial charge in [-0.15, -0.1) is 0 Å². The van der Waals surface area contributed by atoms with Gasteiger partial charge in [-0.1, -0.05) is 12.8 Å². The van der Waals surface area contributed by atoms with Gasteiger partial charge in [-0.25, -0.2) is 0 Å². The zero-order valence-electron chi connectivity index (χ0n) is 17.5. The van der Waals surface area contributed by atoms with Crippen LogP contribution in [-0.4, -0.2) is 52.9 Å². The topological polar surface area (TPSA) is 55.8 Å². The first kappa shape index (κ1) is 26.1. The highest BCUT2D eigenvalue weighted by molar-refractivity contribution is 6.71. The first-order valence-corrected chi connectivity index (χ1v) is 16.1. The van der Waals surface area contributed by atoms with Gasteiger partial charge in [0.15, 0.2) is 8.32 Å². The number of rotatable bonds is 11. The number of hydrogen-bond acceptors (Lipinski definition) is 4. The summed E-state index contributed by atoms with van der Waals surface area (Å²) < 4.78 is 49.2. The molecule has 0 rings (SSSR count). The summed E-state index contributed by atoms with van der Waals surface area (Å²) in [6.45, 7) is 11.5. The predicted molar refractivity (Wildman–Crippen MR) is 104 cm³/mol. The van der Waals surface area contributed by atoms with Crippen molar-refractivity contribution in [2.24, 2.45) is 0 Å². The van der Waals surface area contributed by atoms with E-state index in [1.54, 1.807) is 0 Å². The van der Waals surface area contributed by atoms with Gasteiger partial charge in [0.2, 0.25) is 8.32 Å². The third-order valence-electron chi connectivity index (χ3n) is 3.49. The van der Waals surface area contributed by atoms with E-state index in [0.717, 1.165) is 19.9 Å². The molecule has 1 amide bonds. The van der Waals surface area contributed by atoms with Gasteiger partial charge in [0.1, 0.15) is 6.23 Å². The second-order valence-corrected chi connectivity index (χ2v) is 17.5. The number of nitrogens with zero attached hydrogens (tertiary/aromatic N) is 1. The molecule has 1 atom stereocenters. The van der Waals surface area contributed by atoms with Crippen molar-refractivity contribution in [1.29, 1.82) is 0 Å². The molecule has 0 fully saturated rings. The molecule has 0 N–H and O–H groups in total. The first-order valence-electron chi connectivity index (χ1n) is 9.26. The quantitative estimate of drug-likeness (QED) is 0.266. The van der Waals surface area contributed by atoms with Crippen molar-refractivity contribution in [3.05, 3.63) is 0 Å². The molecule has 0 saturated heterocycles. The second kappa shape index (κ2) is 10.6. The van der Waals surface area contributed by atoms with Crippen LogP contribution in [-0.2, 0) is 18.4 Å². The minimum atomic E-state index is -4.91. The number of unbranched alkanes of at least 4 members (excludes halogenated alkanes) is 3. The van der Waals surface area contributed by atoms with Crippen molar-refractivity contribution in [1.82, 2.24) is 4.90 Å². The van der Waals surface area contributed by atoms with Crippen LogP contribution in [0.25, 0.3) is 0 Å². The van der Waals surface area contributed by atoms with Crippen molar-refractivity contribution in [2.45, 2.75) is 90.2 Å². The summed E-state index contributed by atoms with van der Waals surface area (Å²) in [5.74, 6) is -2.08. The molecular formula is C17H34F3NO4Si2. The number of hydrogen-bond donors (Lipinski definition) is 0. The Balaban J connectivity index is 4.42. The van der Waals surface area contributed by atoms with E-state index in [4.69, 9.17) is 8.85 Å². The molecule has 1 unspecified atom stereocenters. The molecule has 0 aromatic carbocycles. The largest absolute Gasteiger partial charge is 0.520 e. The average molecular weight is 430 g/mol. The van der Waals surface area contributed by atoms with Gasteiger partial charge in [0, 0.05) is 13.5 Å². The van der Waals surface area contributed by atoms with Crippen LogP contribution in [0.2, 0.25) is 39.3 Å². The Kier molecular flexibility index (Phi) is 10.3. The third kappa shape index (κ3) is 13.0. The lowest BCUT2D eigenvalue weighted by Crippen LogP contribution is -2.49. The number of carbonyl (C=O) groups excluding carboxylic acids is 2. The normalized spacial score (nSPS) is 14.0. The predicted octanol–water partition coefficient (Wildman–Crippen LogP) is 4.90. The van der Waals surface area contributed by atoms with Gasteiger partial charge in [-0.2, -0.15) is 13.2 Å². The standard InChI is InChI=1S/C17H34F3NO4Si2/c1-21(16(23)17(18,19)20)14(24-26(2,3)4)12-10-8-9-11-13-15(22)25-27(5,6)7/h14H,8-13H2,1-7H3. The van der Waals surface area contributed by atoms with Gasteiger partial charge in [0.05, 0.1) is 0 Å². The maximum atomic E-state index is 12.7. The molecule has 0 spiro atoms. The molecule has 5 nitrogen and oxygen atoms in total. The van der Waals surface area contributed by atoms with E-state index in [9.17, 15) is 22.8 Å². The lowest BCUT2D eigenvalue weighted by Gasteiger charge is -2.33. The van der Waals surface area contributed by atoms with Crippen LogP contribution in [0.4, 0.5) is 13.2 Å². The van der Waals surface area contributed by atoms with Crippen molar-refractivity contribution in [2.75, 3.05) is 7.05 Å². The van der Waals surface area contributed by atoms with E-state index in [2.05, 4.69) is 0 Å². The minimum absolute atomic E-state index is 0.190. The first-order chi connectivity index (χ1) is 12.0. The third-order valence-corrected chi connectivity index (χ3v) is 5.31. The van der Waals surface area contributed by atoms with Gasteiger partial charge in [-0.3, -0.25) is 9.59 Å². The summed E-state index contributed by atoms with van der Waals surface area (Å²) in [5.41, 5.74) is 0. The Morgan fingerprint density at radius 2 is 1.44 bits per heavy atom. The van der Waals surface area contributed by atoms with E-state index in [1.807, 2.05) is 39.3 Å². The highest BCUT2D eigenvalue weighted by Crippen LogP contribution is 2.23. The van der Waals surface area contributed by atoms with Crippen LogP contribution in [0.5, 0.6) is 0 Å². The summed E-state index contributed by atoms with van der Waals surface area (Å²) in [6, 6.07) is 0. The lowest BCUT2D eigenvalue weighted by atomic mass is 10.1. The fourth-order valence-electron chi connectivity index (χ4n) is 2.40. The average Bonchev–Trinajstić information content (AvgIpc) is 2.43. The van der Waals surface area contributed by atoms with Crippen molar-refractivity contribution >= 4 is 28.5 Å². The minimum Gasteiger partial charge on any atom is -0.520 e. The molecule has 0 bridgehead atoms. The number of alkyl halides is 3. The molecule has 10 heteroatoms. The molecule has 160 valence electrons. The number of halogens is 3. The molecule has 0 aliphatic heterocycles. The smallest absolute Gasteiger partial charge is 0.471 e. The molecule has 0 saturated carbocycles. The number of carbonyl (C=O) groups is 2. The molecule has 0 aromatic heterocycles. The van der Waals surface area contributed by atoms with Crippen LogP contribution in [0.1, 0.15) is 38.5 Å². The summed E-state index contributed by atoms with van der Waals surface area (Å²) in [5, 5.41) is 0. The van der Waals surface area contributed by atoms with Gasteiger partial charge < -0.3 is 13.8 Å². The molecule has 0 radical (unpaired) electrons. The van der Waals surface area contributed by atoms with E-state index in [0.29, 0.717) is 30.6 Å². The summed E-state index contributed by atoms with van der Waals surface area (Å²) in [6.07, 6.45) is -2.28. The van der Waals surface area contributed by atoms with E-state index in [-0.39, 0.29) is 5.97 Å². The monoisotopic (exact) mass is 429 g/mol. The summed E-state index contributed by atoms with van der Waals surface area (Å²) in [7, 11) is -2.85. The van der Waals surface area contributed by atoms with Crippen LogP contribution >= 0.6 is 0 Å². The van der Waals surface area contributed by atoms with Crippen molar-refractivity contribution < 1.29 is 31.6 Å². The highest BCUT2D eigenvalue weighted by atomic mass is 28.4. The maximum Gasteiger partial charge on any atom is 0.471 e. The summed E-state index contributed by atoms with van der Waals surface area (Å²) in [4.78, 5) is 23.8. The highest BCUT2D eigenvalue weighted by Gasteiger charge is 2.43. The zero-order valence-corrected chi connectivity index (χ0v) is 19.5. The molecule has 0 heterocycles. The Labute approximate surface area is 162 Å². The fraction of sp³-hybridized carbons (Fsp3) is 0.882. The van der Waals surface area contributed by atoms with Crippen molar-refractivity contribution in [3.63, 3.8) is 0 Å². The Bertz CT molecular complexity index is 488. The maximum absolute atomic E-state index is 12.7. The number of amides is 1.